The summed E-state index contributed by atoms with van der Waals surface area (Å²) in [5.74, 6) is 0. The first-order chi connectivity index (χ1) is 7.33. The summed E-state index contributed by atoms with van der Waals surface area (Å²) in [4.78, 5) is 2.58. The molecule has 0 aromatic carbocycles. The van der Waals surface area contributed by atoms with E-state index in [0.717, 1.165) is 12.6 Å². The van der Waals surface area contributed by atoms with Gasteiger partial charge in [-0.15, -0.1) is 0 Å². The van der Waals surface area contributed by atoms with Crippen LogP contribution >= 0.6 is 0 Å². The molecule has 0 radical (unpaired) electrons. The topological polar surface area (TPSA) is 35.5 Å². The van der Waals surface area contributed by atoms with Crippen molar-refractivity contribution in [1.82, 2.24) is 10.2 Å². The quantitative estimate of drug-likeness (QED) is 0.713. The van der Waals surface area contributed by atoms with Crippen LogP contribution in [-0.4, -0.2) is 48.3 Å². The van der Waals surface area contributed by atoms with E-state index in [1.165, 1.54) is 38.5 Å². The first-order valence-corrected chi connectivity index (χ1v) is 6.39. The average Bonchev–Trinajstić information content (AvgIpc) is 3.09. The Labute approximate surface area is 92.8 Å². The molecule has 0 spiro atoms. The van der Waals surface area contributed by atoms with Crippen LogP contribution < -0.4 is 5.32 Å². The summed E-state index contributed by atoms with van der Waals surface area (Å²) in [6.45, 7) is 1.01. The van der Waals surface area contributed by atoms with Gasteiger partial charge in [-0.05, 0) is 32.7 Å². The Morgan fingerprint density at radius 3 is 2.60 bits per heavy atom. The minimum Gasteiger partial charge on any atom is -0.395 e. The van der Waals surface area contributed by atoms with Crippen molar-refractivity contribution in [3.8, 4) is 0 Å². The van der Waals surface area contributed by atoms with Crippen molar-refractivity contribution >= 4 is 0 Å². The lowest BCUT2D eigenvalue weighted by Gasteiger charge is -2.38. The van der Waals surface area contributed by atoms with Crippen LogP contribution in [0.25, 0.3) is 0 Å². The van der Waals surface area contributed by atoms with E-state index in [2.05, 4.69) is 17.3 Å². The van der Waals surface area contributed by atoms with Crippen molar-refractivity contribution in [3.63, 3.8) is 0 Å². The highest BCUT2D eigenvalue weighted by Gasteiger charge is 2.35. The highest BCUT2D eigenvalue weighted by molar-refractivity contribution is 4.93. The predicted octanol–water partition coefficient (Wildman–Crippen LogP) is 0.974. The molecule has 15 heavy (non-hydrogen) atoms. The van der Waals surface area contributed by atoms with E-state index in [1.807, 2.05) is 0 Å². The van der Waals surface area contributed by atoms with Crippen molar-refractivity contribution < 1.29 is 5.11 Å². The van der Waals surface area contributed by atoms with E-state index >= 15 is 0 Å². The van der Waals surface area contributed by atoms with E-state index in [4.69, 9.17) is 5.11 Å². The van der Waals surface area contributed by atoms with Crippen LogP contribution in [0.4, 0.5) is 0 Å². The minimum absolute atomic E-state index is 0.260. The number of rotatable bonds is 5. The molecule has 2 aliphatic rings. The largest absolute Gasteiger partial charge is 0.395 e. The van der Waals surface area contributed by atoms with E-state index in [9.17, 15) is 0 Å². The summed E-state index contributed by atoms with van der Waals surface area (Å²) in [5, 5.41) is 12.4. The molecule has 3 heteroatoms. The average molecular weight is 212 g/mol. The zero-order valence-electron chi connectivity index (χ0n) is 9.78. The number of hydrogen-bond acceptors (Lipinski definition) is 3. The fourth-order valence-electron chi connectivity index (χ4n) is 2.84. The maximum Gasteiger partial charge on any atom is 0.0556 e. The van der Waals surface area contributed by atoms with Crippen LogP contribution in [-0.2, 0) is 0 Å². The molecule has 3 nitrogen and oxygen atoms in total. The zero-order chi connectivity index (χ0) is 10.7. The van der Waals surface area contributed by atoms with Gasteiger partial charge in [-0.2, -0.15) is 0 Å². The Bertz CT molecular complexity index is 194. The van der Waals surface area contributed by atoms with Gasteiger partial charge in [0.15, 0.2) is 0 Å². The van der Waals surface area contributed by atoms with Gasteiger partial charge >= 0.3 is 0 Å². The molecule has 88 valence electrons. The first-order valence-electron chi connectivity index (χ1n) is 6.39. The third kappa shape index (κ3) is 2.92. The molecule has 0 heterocycles. The molecule has 2 atom stereocenters. The second-order valence-electron chi connectivity index (χ2n) is 5.03. The van der Waals surface area contributed by atoms with Gasteiger partial charge in [-0.25, -0.2) is 0 Å². The van der Waals surface area contributed by atoms with Crippen LogP contribution in [0.3, 0.4) is 0 Å². The summed E-state index contributed by atoms with van der Waals surface area (Å²) < 4.78 is 0. The molecule has 0 aromatic heterocycles. The predicted molar refractivity (Wildman–Crippen MR) is 61.9 cm³/mol. The Hall–Kier alpha value is -0.120. The van der Waals surface area contributed by atoms with Gasteiger partial charge in [0.25, 0.3) is 0 Å². The molecule has 2 saturated carbocycles. The second kappa shape index (κ2) is 5.28. The molecule has 0 unspecified atom stereocenters. The summed E-state index contributed by atoms with van der Waals surface area (Å²) in [6.07, 6.45) is 8.11. The van der Waals surface area contributed by atoms with E-state index < -0.39 is 0 Å². The molecule has 0 saturated heterocycles. The van der Waals surface area contributed by atoms with Crippen molar-refractivity contribution in [2.24, 2.45) is 0 Å². The molecule has 2 aliphatic carbocycles. The van der Waals surface area contributed by atoms with Gasteiger partial charge in [-0.3, -0.25) is 4.90 Å². The monoisotopic (exact) mass is 212 g/mol. The fraction of sp³-hybridized carbons (Fsp3) is 1.00. The molecule has 2 fully saturated rings. The standard InChI is InChI=1S/C12H24N2O/c1-14(10-6-7-10)12-5-3-2-4-11(12)13-8-9-15/h10-13,15H,2-9H2,1H3/t11-,12+/m0/s1. The third-order valence-electron chi connectivity index (χ3n) is 3.89. The van der Waals surface area contributed by atoms with E-state index in [0.29, 0.717) is 12.1 Å². The Morgan fingerprint density at radius 1 is 1.20 bits per heavy atom. The van der Waals surface area contributed by atoms with Crippen molar-refractivity contribution in [2.45, 2.75) is 56.7 Å². The third-order valence-corrected chi connectivity index (χ3v) is 3.89. The molecule has 2 N–H and O–H groups in total. The van der Waals surface area contributed by atoms with E-state index in [1.54, 1.807) is 0 Å². The first kappa shape index (κ1) is 11.4. The van der Waals surface area contributed by atoms with Gasteiger partial charge in [0, 0.05) is 24.7 Å². The van der Waals surface area contributed by atoms with Crippen LogP contribution in [0.15, 0.2) is 0 Å². The maximum absolute atomic E-state index is 8.87. The van der Waals surface area contributed by atoms with Crippen LogP contribution in [0.1, 0.15) is 38.5 Å². The lowest BCUT2D eigenvalue weighted by atomic mass is 9.89. The van der Waals surface area contributed by atoms with Gasteiger partial charge < -0.3 is 10.4 Å². The normalized spacial score (nSPS) is 32.2. The molecule has 0 amide bonds. The number of aliphatic hydroxyl groups is 1. The second-order valence-corrected chi connectivity index (χ2v) is 5.03. The van der Waals surface area contributed by atoms with Crippen LogP contribution in [0.5, 0.6) is 0 Å². The maximum atomic E-state index is 8.87. The summed E-state index contributed by atoms with van der Waals surface area (Å²) in [6, 6.07) is 2.17. The van der Waals surface area contributed by atoms with Crippen LogP contribution in [0.2, 0.25) is 0 Å². The minimum atomic E-state index is 0.260. The zero-order valence-corrected chi connectivity index (χ0v) is 9.78. The molecule has 0 aromatic rings. The number of likely N-dealkylation sites (N-methyl/N-ethyl adjacent to an activating group) is 1. The lowest BCUT2D eigenvalue weighted by Crippen LogP contribution is -2.51. The van der Waals surface area contributed by atoms with Gasteiger partial charge in [0.2, 0.25) is 0 Å². The molecule has 2 rings (SSSR count). The van der Waals surface area contributed by atoms with Crippen molar-refractivity contribution in [3.05, 3.63) is 0 Å². The summed E-state index contributed by atoms with van der Waals surface area (Å²) in [7, 11) is 2.28. The van der Waals surface area contributed by atoms with Crippen molar-refractivity contribution in [2.75, 3.05) is 20.2 Å². The smallest absolute Gasteiger partial charge is 0.0556 e. The number of nitrogens with one attached hydrogen (secondary N) is 1. The fourth-order valence-corrected chi connectivity index (χ4v) is 2.84. The van der Waals surface area contributed by atoms with Gasteiger partial charge in [0.05, 0.1) is 6.61 Å². The Kier molecular flexibility index (Phi) is 4.00. The van der Waals surface area contributed by atoms with E-state index in [-0.39, 0.29) is 6.61 Å². The molecule has 0 bridgehead atoms. The summed E-state index contributed by atoms with van der Waals surface area (Å²) >= 11 is 0. The highest BCUT2D eigenvalue weighted by Crippen LogP contribution is 2.32. The Morgan fingerprint density at radius 2 is 1.93 bits per heavy atom. The lowest BCUT2D eigenvalue weighted by molar-refractivity contribution is 0.137. The number of nitrogens with zero attached hydrogens (tertiary/aromatic N) is 1. The van der Waals surface area contributed by atoms with Gasteiger partial charge in [0.1, 0.15) is 0 Å². The number of hydrogen-bond donors (Lipinski definition) is 2. The molecular formula is C12H24N2O. The Balaban J connectivity index is 1.86. The summed E-state index contributed by atoms with van der Waals surface area (Å²) in [5.41, 5.74) is 0. The SMILES string of the molecule is CN(C1CC1)[C@@H]1CCCC[C@@H]1NCCO. The molecular weight excluding hydrogens is 188 g/mol. The van der Waals surface area contributed by atoms with Gasteiger partial charge in [-0.1, -0.05) is 12.8 Å². The van der Waals surface area contributed by atoms with Crippen molar-refractivity contribution in [1.29, 1.82) is 0 Å². The molecule has 0 aliphatic heterocycles. The number of aliphatic hydroxyl groups excluding tert-OH is 1. The highest BCUT2D eigenvalue weighted by atomic mass is 16.3. The van der Waals surface area contributed by atoms with Crippen LogP contribution in [0, 0.1) is 0 Å².